The zero-order valence-electron chi connectivity index (χ0n) is 7.38. The molecule has 0 aromatic rings. The van der Waals surface area contributed by atoms with Crippen molar-refractivity contribution in [2.75, 3.05) is 11.9 Å². The Labute approximate surface area is 85.8 Å². The van der Waals surface area contributed by atoms with Gasteiger partial charge in [-0.05, 0) is 12.8 Å². The van der Waals surface area contributed by atoms with Crippen LogP contribution in [0.25, 0.3) is 0 Å². The standard InChI is InChI=1S/C8H14BrNO3/c9-5-2-1-3-7(11)10-6-4-8(12)13/h1-6H2,(H,10,11)(H,12,13). The first-order valence-corrected chi connectivity index (χ1v) is 5.33. The predicted molar refractivity (Wildman–Crippen MR) is 52.9 cm³/mol. The summed E-state index contributed by atoms with van der Waals surface area (Å²) < 4.78 is 0. The van der Waals surface area contributed by atoms with Crippen LogP contribution in [0, 0.1) is 0 Å². The van der Waals surface area contributed by atoms with Gasteiger partial charge in [-0.25, -0.2) is 0 Å². The highest BCUT2D eigenvalue weighted by Gasteiger charge is 2.01. The van der Waals surface area contributed by atoms with Gasteiger partial charge in [0.05, 0.1) is 6.42 Å². The third-order valence-corrected chi connectivity index (χ3v) is 2.01. The molecule has 0 spiro atoms. The van der Waals surface area contributed by atoms with Crippen molar-refractivity contribution in [1.82, 2.24) is 5.32 Å². The molecule has 4 nitrogen and oxygen atoms in total. The fraction of sp³-hybridized carbons (Fsp3) is 0.750. The number of carboxylic acid groups (broad SMARTS) is 1. The second-order valence-corrected chi connectivity index (χ2v) is 3.43. The van der Waals surface area contributed by atoms with Crippen molar-refractivity contribution in [3.05, 3.63) is 0 Å². The number of unbranched alkanes of at least 4 members (excludes halogenated alkanes) is 1. The molecule has 5 heteroatoms. The maximum atomic E-state index is 11.0. The van der Waals surface area contributed by atoms with Crippen molar-refractivity contribution < 1.29 is 14.7 Å². The molecule has 1 amide bonds. The second kappa shape index (κ2) is 8.04. The molecule has 0 radical (unpaired) electrons. The van der Waals surface area contributed by atoms with Gasteiger partial charge in [-0.3, -0.25) is 9.59 Å². The van der Waals surface area contributed by atoms with Crippen LogP contribution < -0.4 is 5.32 Å². The van der Waals surface area contributed by atoms with E-state index in [2.05, 4.69) is 21.2 Å². The first kappa shape index (κ1) is 12.4. The van der Waals surface area contributed by atoms with Crippen LogP contribution in [0.3, 0.4) is 0 Å². The Balaban J connectivity index is 3.25. The molecule has 0 fully saturated rings. The highest BCUT2D eigenvalue weighted by Crippen LogP contribution is 1.97. The molecule has 76 valence electrons. The molecule has 0 aliphatic rings. The van der Waals surface area contributed by atoms with Crippen LogP contribution in [0.15, 0.2) is 0 Å². The van der Waals surface area contributed by atoms with E-state index in [1.165, 1.54) is 0 Å². The maximum absolute atomic E-state index is 11.0. The van der Waals surface area contributed by atoms with Crippen LogP contribution in [0.2, 0.25) is 0 Å². The Morgan fingerprint density at radius 2 is 1.92 bits per heavy atom. The minimum absolute atomic E-state index is 0.00974. The van der Waals surface area contributed by atoms with Crippen LogP contribution in [0.1, 0.15) is 25.7 Å². The first-order valence-electron chi connectivity index (χ1n) is 4.21. The first-order chi connectivity index (χ1) is 6.16. The Hall–Kier alpha value is -0.580. The summed E-state index contributed by atoms with van der Waals surface area (Å²) in [6.45, 7) is 0.225. The van der Waals surface area contributed by atoms with Crippen LogP contribution in [0.5, 0.6) is 0 Å². The minimum atomic E-state index is -0.888. The Kier molecular flexibility index (Phi) is 7.68. The summed E-state index contributed by atoms with van der Waals surface area (Å²) in [5.74, 6) is -0.956. The lowest BCUT2D eigenvalue weighted by atomic mass is 10.2. The van der Waals surface area contributed by atoms with Gasteiger partial charge in [0.1, 0.15) is 0 Å². The fourth-order valence-electron chi connectivity index (χ4n) is 0.777. The number of amides is 1. The predicted octanol–water partition coefficient (Wildman–Crippen LogP) is 1.14. The van der Waals surface area contributed by atoms with Crippen molar-refractivity contribution in [1.29, 1.82) is 0 Å². The molecule has 0 aliphatic carbocycles. The Bertz CT molecular complexity index is 173. The van der Waals surface area contributed by atoms with Crippen molar-refractivity contribution in [2.24, 2.45) is 0 Å². The van der Waals surface area contributed by atoms with Gasteiger partial charge in [0.25, 0.3) is 0 Å². The quantitative estimate of drug-likeness (QED) is 0.527. The summed E-state index contributed by atoms with van der Waals surface area (Å²) in [6.07, 6.45) is 2.27. The number of carboxylic acids is 1. The molecule has 0 aromatic heterocycles. The highest BCUT2D eigenvalue weighted by atomic mass is 79.9. The molecular weight excluding hydrogens is 238 g/mol. The average Bonchev–Trinajstić information content (AvgIpc) is 2.04. The summed E-state index contributed by atoms with van der Waals surface area (Å²) >= 11 is 3.26. The molecule has 2 N–H and O–H groups in total. The zero-order valence-corrected chi connectivity index (χ0v) is 8.97. The van der Waals surface area contributed by atoms with Gasteiger partial charge in [-0.1, -0.05) is 15.9 Å². The normalized spacial score (nSPS) is 9.62. The van der Waals surface area contributed by atoms with E-state index < -0.39 is 5.97 Å². The van der Waals surface area contributed by atoms with Crippen LogP contribution in [-0.2, 0) is 9.59 Å². The SMILES string of the molecule is O=C(O)CCNC(=O)CCCCBr. The minimum Gasteiger partial charge on any atom is -0.481 e. The Morgan fingerprint density at radius 3 is 2.46 bits per heavy atom. The van der Waals surface area contributed by atoms with E-state index in [9.17, 15) is 9.59 Å². The summed E-state index contributed by atoms with van der Waals surface area (Å²) in [6, 6.07) is 0. The lowest BCUT2D eigenvalue weighted by molar-refractivity contribution is -0.136. The zero-order chi connectivity index (χ0) is 10.1. The number of nitrogens with one attached hydrogen (secondary N) is 1. The molecule has 0 aliphatic heterocycles. The van der Waals surface area contributed by atoms with Crippen molar-refractivity contribution >= 4 is 27.8 Å². The molecule has 0 heterocycles. The molecular formula is C8H14BrNO3. The molecule has 0 unspecified atom stereocenters. The molecule has 13 heavy (non-hydrogen) atoms. The van der Waals surface area contributed by atoms with Gasteiger partial charge < -0.3 is 10.4 Å². The van der Waals surface area contributed by atoms with E-state index in [1.807, 2.05) is 0 Å². The van der Waals surface area contributed by atoms with E-state index in [1.54, 1.807) is 0 Å². The van der Waals surface area contributed by atoms with E-state index in [4.69, 9.17) is 5.11 Å². The summed E-state index contributed by atoms with van der Waals surface area (Å²) in [5, 5.41) is 11.7. The van der Waals surface area contributed by atoms with Gasteiger partial charge in [0.2, 0.25) is 5.91 Å². The van der Waals surface area contributed by atoms with Gasteiger partial charge in [0, 0.05) is 18.3 Å². The highest BCUT2D eigenvalue weighted by molar-refractivity contribution is 9.09. The van der Waals surface area contributed by atoms with Gasteiger partial charge >= 0.3 is 5.97 Å². The monoisotopic (exact) mass is 251 g/mol. The van der Waals surface area contributed by atoms with Crippen LogP contribution in [-0.4, -0.2) is 28.9 Å². The summed E-state index contributed by atoms with van der Waals surface area (Å²) in [5.41, 5.74) is 0. The molecule has 0 saturated carbocycles. The molecule has 0 saturated heterocycles. The maximum Gasteiger partial charge on any atom is 0.305 e. The molecule has 0 bridgehead atoms. The lowest BCUT2D eigenvalue weighted by Crippen LogP contribution is -2.25. The number of hydrogen-bond donors (Lipinski definition) is 2. The van der Waals surface area contributed by atoms with E-state index in [0.717, 1.165) is 18.2 Å². The van der Waals surface area contributed by atoms with Gasteiger partial charge in [-0.2, -0.15) is 0 Å². The molecule has 0 atom stereocenters. The largest absolute Gasteiger partial charge is 0.481 e. The average molecular weight is 252 g/mol. The van der Waals surface area contributed by atoms with E-state index in [-0.39, 0.29) is 18.9 Å². The van der Waals surface area contributed by atoms with E-state index >= 15 is 0 Å². The number of carbonyl (C=O) groups excluding carboxylic acids is 1. The lowest BCUT2D eigenvalue weighted by Gasteiger charge is -2.01. The van der Waals surface area contributed by atoms with Crippen LogP contribution in [0.4, 0.5) is 0 Å². The topological polar surface area (TPSA) is 66.4 Å². The van der Waals surface area contributed by atoms with Crippen molar-refractivity contribution in [3.63, 3.8) is 0 Å². The smallest absolute Gasteiger partial charge is 0.305 e. The summed E-state index contributed by atoms with van der Waals surface area (Å²) in [7, 11) is 0. The van der Waals surface area contributed by atoms with E-state index in [0.29, 0.717) is 6.42 Å². The fourth-order valence-corrected chi connectivity index (χ4v) is 1.17. The summed E-state index contributed by atoms with van der Waals surface area (Å²) in [4.78, 5) is 21.1. The number of rotatable bonds is 7. The third kappa shape index (κ3) is 9.33. The second-order valence-electron chi connectivity index (χ2n) is 2.64. The molecule has 0 rings (SSSR count). The number of alkyl halides is 1. The number of carbonyl (C=O) groups is 2. The molecule has 0 aromatic carbocycles. The van der Waals surface area contributed by atoms with Crippen molar-refractivity contribution in [3.8, 4) is 0 Å². The van der Waals surface area contributed by atoms with Crippen molar-refractivity contribution in [2.45, 2.75) is 25.7 Å². The number of halogens is 1. The number of aliphatic carboxylic acids is 1. The van der Waals surface area contributed by atoms with Gasteiger partial charge in [-0.15, -0.1) is 0 Å². The number of hydrogen-bond acceptors (Lipinski definition) is 2. The van der Waals surface area contributed by atoms with Crippen LogP contribution >= 0.6 is 15.9 Å². The van der Waals surface area contributed by atoms with Gasteiger partial charge in [0.15, 0.2) is 0 Å². The Morgan fingerprint density at radius 1 is 1.23 bits per heavy atom. The third-order valence-electron chi connectivity index (χ3n) is 1.45.